The molecule has 0 aliphatic rings. The second-order valence-electron chi connectivity index (χ2n) is 7.66. The first-order valence-electron chi connectivity index (χ1n) is 10.5. The molecule has 1 aromatic heterocycles. The van der Waals surface area contributed by atoms with Gasteiger partial charge >= 0.3 is 6.03 Å². The summed E-state index contributed by atoms with van der Waals surface area (Å²) in [4.78, 5) is 28.2. The van der Waals surface area contributed by atoms with Crippen LogP contribution in [0.4, 0.5) is 35.0 Å². The van der Waals surface area contributed by atoms with Gasteiger partial charge in [-0.15, -0.1) is 0 Å². The zero-order valence-corrected chi connectivity index (χ0v) is 19.6. The molecule has 4 aromatic rings. The molecular weight excluding hydrogens is 497 g/mol. The quantitative estimate of drug-likeness (QED) is 0.197. The summed E-state index contributed by atoms with van der Waals surface area (Å²) < 4.78 is 48.3. The summed E-state index contributed by atoms with van der Waals surface area (Å²) in [6, 6.07) is 12.1. The predicted molar refractivity (Wildman–Crippen MR) is 131 cm³/mol. The Morgan fingerprint density at radius 1 is 0.944 bits per heavy atom. The first kappa shape index (κ1) is 24.8. The summed E-state index contributed by atoms with van der Waals surface area (Å²) in [6.45, 7) is 2.55. The number of ether oxygens (including phenoxy) is 1. The third kappa shape index (κ3) is 5.03. The molecular formula is C25H18ClF3N4O3. The number of anilines is 3. The molecule has 3 N–H and O–H groups in total. The number of pyridine rings is 1. The Hall–Kier alpha value is -4.31. The molecule has 0 unspecified atom stereocenters. The minimum absolute atomic E-state index is 0.231. The van der Waals surface area contributed by atoms with Gasteiger partial charge in [-0.25, -0.2) is 18.0 Å². The van der Waals surface area contributed by atoms with Crippen molar-refractivity contribution in [3.63, 3.8) is 0 Å². The fourth-order valence-corrected chi connectivity index (χ4v) is 3.60. The summed E-state index contributed by atoms with van der Waals surface area (Å²) in [5.74, 6) is -3.75. The molecule has 0 saturated carbocycles. The smallest absolute Gasteiger partial charge is 0.323 e. The third-order valence-electron chi connectivity index (χ3n) is 5.08. The maximum Gasteiger partial charge on any atom is 0.323 e. The van der Waals surface area contributed by atoms with E-state index in [1.807, 2.05) is 5.32 Å². The van der Waals surface area contributed by atoms with Crippen LogP contribution in [0.15, 0.2) is 54.7 Å². The molecule has 0 spiro atoms. The van der Waals surface area contributed by atoms with Crippen molar-refractivity contribution in [2.24, 2.45) is 0 Å². The van der Waals surface area contributed by atoms with E-state index in [0.717, 1.165) is 6.92 Å². The van der Waals surface area contributed by atoms with Crippen LogP contribution in [0.3, 0.4) is 0 Å². The number of rotatable bonds is 5. The van der Waals surface area contributed by atoms with Crippen LogP contribution in [0.25, 0.3) is 10.9 Å². The number of para-hydroxylation sites is 1. The zero-order chi connectivity index (χ0) is 26.0. The number of benzene rings is 3. The third-order valence-corrected chi connectivity index (χ3v) is 5.53. The average Bonchev–Trinajstić information content (AvgIpc) is 2.85. The summed E-state index contributed by atoms with van der Waals surface area (Å²) in [5, 5.41) is 7.02. The molecule has 184 valence electrons. The van der Waals surface area contributed by atoms with E-state index < -0.39 is 34.2 Å². The Bertz CT molecular complexity index is 1480. The average molecular weight is 515 g/mol. The van der Waals surface area contributed by atoms with Crippen LogP contribution in [0, 0.1) is 24.4 Å². The van der Waals surface area contributed by atoms with Crippen molar-refractivity contribution < 1.29 is 27.5 Å². The Kier molecular flexibility index (Phi) is 6.98. The van der Waals surface area contributed by atoms with Gasteiger partial charge in [-0.05, 0) is 37.3 Å². The molecule has 0 aliphatic carbocycles. The van der Waals surface area contributed by atoms with Crippen LogP contribution >= 0.6 is 11.6 Å². The summed E-state index contributed by atoms with van der Waals surface area (Å²) in [5.41, 5.74) is -0.0291. The molecule has 36 heavy (non-hydrogen) atoms. The number of amides is 3. The highest BCUT2D eigenvalue weighted by atomic mass is 35.5. The van der Waals surface area contributed by atoms with Crippen molar-refractivity contribution in [3.05, 3.63) is 82.8 Å². The van der Waals surface area contributed by atoms with Gasteiger partial charge in [0.1, 0.15) is 17.2 Å². The monoisotopic (exact) mass is 514 g/mol. The van der Waals surface area contributed by atoms with Gasteiger partial charge in [-0.2, -0.15) is 0 Å². The maximum absolute atomic E-state index is 14.4. The van der Waals surface area contributed by atoms with E-state index in [1.54, 1.807) is 36.4 Å². The first-order chi connectivity index (χ1) is 17.2. The molecule has 7 nitrogen and oxygen atoms in total. The van der Waals surface area contributed by atoms with Crippen LogP contribution < -0.4 is 20.7 Å². The van der Waals surface area contributed by atoms with Crippen LogP contribution in [-0.2, 0) is 4.79 Å². The van der Waals surface area contributed by atoms with Crippen LogP contribution in [0.2, 0.25) is 5.02 Å². The number of fused-ring (bicyclic) bond motifs is 1. The molecule has 0 saturated heterocycles. The highest BCUT2D eigenvalue weighted by Gasteiger charge is 2.23. The van der Waals surface area contributed by atoms with Crippen LogP contribution in [0.1, 0.15) is 12.5 Å². The van der Waals surface area contributed by atoms with E-state index in [1.165, 1.54) is 25.3 Å². The molecule has 3 amide bonds. The van der Waals surface area contributed by atoms with E-state index in [-0.39, 0.29) is 17.2 Å². The SMILES string of the molecule is CC(=O)Nc1cccc2c(Oc3cccc(NC(=O)Nc4c(F)c(C)c(Cl)c(F)c4F)c3)ccnc12. The lowest BCUT2D eigenvalue weighted by atomic mass is 10.1. The number of carbonyl (C=O) groups excluding carboxylic acids is 2. The molecule has 0 bridgehead atoms. The highest BCUT2D eigenvalue weighted by Crippen LogP contribution is 2.34. The highest BCUT2D eigenvalue weighted by molar-refractivity contribution is 6.31. The number of carbonyl (C=O) groups is 2. The normalized spacial score (nSPS) is 10.7. The van der Waals surface area contributed by atoms with Crippen LogP contribution in [-0.4, -0.2) is 16.9 Å². The number of aromatic nitrogens is 1. The lowest BCUT2D eigenvalue weighted by Crippen LogP contribution is -2.21. The topological polar surface area (TPSA) is 92.4 Å². The van der Waals surface area contributed by atoms with E-state index >= 15 is 0 Å². The van der Waals surface area contributed by atoms with Crippen molar-refractivity contribution in [1.29, 1.82) is 0 Å². The molecule has 4 rings (SSSR count). The lowest BCUT2D eigenvalue weighted by Gasteiger charge is -2.14. The fourth-order valence-electron chi connectivity index (χ4n) is 3.43. The summed E-state index contributed by atoms with van der Waals surface area (Å²) in [6.07, 6.45) is 1.52. The van der Waals surface area contributed by atoms with Crippen molar-refractivity contribution >= 4 is 51.5 Å². The fraction of sp³-hybridized carbons (Fsp3) is 0.0800. The molecule has 0 fully saturated rings. The second-order valence-corrected chi connectivity index (χ2v) is 8.03. The van der Waals surface area contributed by atoms with E-state index in [4.69, 9.17) is 16.3 Å². The first-order valence-corrected chi connectivity index (χ1v) is 10.9. The minimum Gasteiger partial charge on any atom is -0.457 e. The van der Waals surface area contributed by atoms with Gasteiger partial charge in [-0.1, -0.05) is 23.7 Å². The van der Waals surface area contributed by atoms with E-state index in [0.29, 0.717) is 28.1 Å². The van der Waals surface area contributed by atoms with Crippen molar-refractivity contribution in [2.75, 3.05) is 16.0 Å². The van der Waals surface area contributed by atoms with Gasteiger partial charge in [0.15, 0.2) is 17.5 Å². The number of hydrogen-bond donors (Lipinski definition) is 3. The van der Waals surface area contributed by atoms with Gasteiger partial charge in [0.2, 0.25) is 5.91 Å². The number of nitrogens with zero attached hydrogens (tertiary/aromatic N) is 1. The lowest BCUT2D eigenvalue weighted by molar-refractivity contribution is -0.114. The molecule has 0 aliphatic heterocycles. The second kappa shape index (κ2) is 10.1. The zero-order valence-electron chi connectivity index (χ0n) is 18.9. The summed E-state index contributed by atoms with van der Waals surface area (Å²) >= 11 is 5.56. The Labute approximate surface area is 208 Å². The minimum atomic E-state index is -1.61. The van der Waals surface area contributed by atoms with Crippen molar-refractivity contribution in [3.8, 4) is 11.5 Å². The van der Waals surface area contributed by atoms with Gasteiger partial charge in [-0.3, -0.25) is 9.78 Å². The number of hydrogen-bond acceptors (Lipinski definition) is 4. The number of urea groups is 1. The number of nitrogens with one attached hydrogen (secondary N) is 3. The van der Waals surface area contributed by atoms with E-state index in [2.05, 4.69) is 15.6 Å². The molecule has 0 radical (unpaired) electrons. The standard InChI is InChI=1S/C25H18ClF3N4O3/c1-12-19(26)21(28)22(29)24(20(12)27)33-25(35)32-14-5-3-6-15(11-14)36-18-9-10-30-23-16(18)7-4-8-17(23)31-13(2)34/h3-11H,1-2H3,(H,31,34)(H2,32,33,35). The van der Waals surface area contributed by atoms with Crippen LogP contribution in [0.5, 0.6) is 11.5 Å². The molecule has 3 aromatic carbocycles. The van der Waals surface area contributed by atoms with Gasteiger partial charge in [0.05, 0.1) is 16.2 Å². The molecule has 11 heteroatoms. The molecule has 0 atom stereocenters. The Morgan fingerprint density at radius 2 is 1.69 bits per heavy atom. The number of halogens is 4. The van der Waals surface area contributed by atoms with Crippen molar-refractivity contribution in [1.82, 2.24) is 4.98 Å². The molecule has 1 heterocycles. The van der Waals surface area contributed by atoms with Crippen molar-refractivity contribution in [2.45, 2.75) is 13.8 Å². The van der Waals surface area contributed by atoms with Gasteiger partial charge in [0.25, 0.3) is 0 Å². The largest absolute Gasteiger partial charge is 0.457 e. The van der Waals surface area contributed by atoms with Gasteiger partial charge < -0.3 is 20.7 Å². The maximum atomic E-state index is 14.4. The van der Waals surface area contributed by atoms with E-state index in [9.17, 15) is 22.8 Å². The Morgan fingerprint density at radius 3 is 2.44 bits per heavy atom. The summed E-state index contributed by atoms with van der Waals surface area (Å²) in [7, 11) is 0. The van der Waals surface area contributed by atoms with Gasteiger partial charge in [0, 0.05) is 35.8 Å². The predicted octanol–water partition coefficient (Wildman–Crippen LogP) is 7.01. The Balaban J connectivity index is 1.55.